The largest absolute Gasteiger partial charge is 0.490 e. The van der Waals surface area contributed by atoms with Crippen LogP contribution < -0.4 is 4.74 Å². The zero-order valence-electron chi connectivity index (χ0n) is 17.6. The van der Waals surface area contributed by atoms with Gasteiger partial charge in [-0.2, -0.15) is 23.4 Å². The summed E-state index contributed by atoms with van der Waals surface area (Å²) >= 11 is 0. The number of amides is 1. The van der Waals surface area contributed by atoms with Crippen LogP contribution in [0.4, 0.5) is 13.2 Å². The van der Waals surface area contributed by atoms with Gasteiger partial charge >= 0.3 is 12.1 Å². The predicted molar refractivity (Wildman–Crippen MR) is 107 cm³/mol. The van der Waals surface area contributed by atoms with Crippen molar-refractivity contribution in [1.82, 2.24) is 20.1 Å². The summed E-state index contributed by atoms with van der Waals surface area (Å²) in [6.45, 7) is 2.28. The summed E-state index contributed by atoms with van der Waals surface area (Å²) in [6.07, 6.45) is 2.76. The molecule has 1 spiro atoms. The Labute approximate surface area is 187 Å². The summed E-state index contributed by atoms with van der Waals surface area (Å²) in [6, 6.07) is 7.34. The number of pyridine rings is 1. The molecule has 9 nitrogen and oxygen atoms in total. The Bertz CT molecular complexity index is 933. The van der Waals surface area contributed by atoms with Crippen LogP contribution in [0.15, 0.2) is 42.9 Å². The number of carboxylic acids is 1. The Balaban J connectivity index is 0.000000383. The number of hydrogen-bond donors (Lipinski definition) is 1. The predicted octanol–water partition coefficient (Wildman–Crippen LogP) is 2.60. The minimum Gasteiger partial charge on any atom is -0.477 e. The number of halogens is 3. The fraction of sp³-hybridized carbons (Fsp3) is 0.476. The third-order valence-electron chi connectivity index (χ3n) is 5.54. The summed E-state index contributed by atoms with van der Waals surface area (Å²) in [4.78, 5) is 27.8. The lowest BCUT2D eigenvalue weighted by molar-refractivity contribution is -0.192. The van der Waals surface area contributed by atoms with E-state index in [2.05, 4.69) is 15.2 Å². The van der Waals surface area contributed by atoms with Crippen LogP contribution in [0, 0.1) is 5.92 Å². The van der Waals surface area contributed by atoms with Gasteiger partial charge in [-0.25, -0.2) is 9.78 Å². The maximum absolute atomic E-state index is 12.8. The minimum absolute atomic E-state index is 0.0149. The molecule has 1 N–H and O–H groups in total. The van der Waals surface area contributed by atoms with E-state index in [-0.39, 0.29) is 17.4 Å². The highest BCUT2D eigenvalue weighted by Gasteiger charge is 2.48. The first-order valence-corrected chi connectivity index (χ1v) is 10.3. The first kappa shape index (κ1) is 24.4. The molecule has 2 aromatic rings. The average molecular weight is 468 g/mol. The van der Waals surface area contributed by atoms with E-state index in [0.29, 0.717) is 37.7 Å². The summed E-state index contributed by atoms with van der Waals surface area (Å²) in [7, 11) is 0. The van der Waals surface area contributed by atoms with Crippen LogP contribution >= 0.6 is 0 Å². The highest BCUT2D eigenvalue weighted by Crippen LogP contribution is 2.41. The average Bonchev–Trinajstić information content (AvgIpc) is 3.19. The van der Waals surface area contributed by atoms with E-state index in [1.54, 1.807) is 18.5 Å². The maximum atomic E-state index is 12.8. The van der Waals surface area contributed by atoms with Crippen LogP contribution in [-0.2, 0) is 9.53 Å². The van der Waals surface area contributed by atoms with Gasteiger partial charge in [0.2, 0.25) is 5.88 Å². The van der Waals surface area contributed by atoms with Crippen LogP contribution in [0.25, 0.3) is 0 Å². The van der Waals surface area contributed by atoms with Gasteiger partial charge in [0.05, 0.1) is 43.3 Å². The maximum Gasteiger partial charge on any atom is 0.490 e. The summed E-state index contributed by atoms with van der Waals surface area (Å²) in [5.41, 5.74) is 0.236. The number of rotatable bonds is 4. The molecular formula is C21H23F3N4O5. The van der Waals surface area contributed by atoms with E-state index in [9.17, 15) is 18.0 Å². The Hall–Kier alpha value is -3.28. The highest BCUT2D eigenvalue weighted by atomic mass is 19.4. The number of alkyl halides is 3. The van der Waals surface area contributed by atoms with Crippen LogP contribution in [-0.4, -0.2) is 75.1 Å². The molecule has 178 valence electrons. The number of ether oxygens (including phenoxy) is 2. The number of aromatic nitrogens is 3. The van der Waals surface area contributed by atoms with Gasteiger partial charge in [-0.05, 0) is 31.4 Å². The summed E-state index contributed by atoms with van der Waals surface area (Å²) < 4.78 is 43.8. The van der Waals surface area contributed by atoms with Gasteiger partial charge in [0, 0.05) is 24.7 Å². The fourth-order valence-electron chi connectivity index (χ4n) is 3.95. The van der Waals surface area contributed by atoms with Gasteiger partial charge < -0.3 is 19.5 Å². The molecule has 0 bridgehead atoms. The number of carboxylic acid groups (broad SMARTS) is 1. The molecule has 0 aromatic carbocycles. The van der Waals surface area contributed by atoms with E-state index in [0.717, 1.165) is 19.3 Å². The van der Waals surface area contributed by atoms with Gasteiger partial charge in [-0.3, -0.25) is 4.79 Å². The van der Waals surface area contributed by atoms with Crippen molar-refractivity contribution >= 4 is 11.9 Å². The summed E-state index contributed by atoms with van der Waals surface area (Å²) in [5, 5.41) is 14.7. The lowest BCUT2D eigenvalue weighted by Gasteiger charge is -2.44. The van der Waals surface area contributed by atoms with Crippen LogP contribution in [0.3, 0.4) is 0 Å². The first-order valence-electron chi connectivity index (χ1n) is 10.3. The summed E-state index contributed by atoms with van der Waals surface area (Å²) in [5.74, 6) is -1.90. The van der Waals surface area contributed by atoms with Crippen molar-refractivity contribution < 1.29 is 37.3 Å². The molecular weight excluding hydrogens is 445 g/mol. The molecule has 2 atom stereocenters. The van der Waals surface area contributed by atoms with Crippen LogP contribution in [0.1, 0.15) is 29.6 Å². The van der Waals surface area contributed by atoms with Crippen molar-refractivity contribution in [3.63, 3.8) is 0 Å². The van der Waals surface area contributed by atoms with Crippen molar-refractivity contribution in [3.05, 3.63) is 48.4 Å². The van der Waals surface area contributed by atoms with Crippen molar-refractivity contribution in [3.8, 4) is 5.88 Å². The smallest absolute Gasteiger partial charge is 0.477 e. The van der Waals surface area contributed by atoms with Gasteiger partial charge in [-0.1, -0.05) is 6.07 Å². The molecule has 1 saturated carbocycles. The molecule has 0 radical (unpaired) electrons. The second kappa shape index (κ2) is 10.6. The van der Waals surface area contributed by atoms with Crippen molar-refractivity contribution in [2.45, 2.75) is 31.0 Å². The van der Waals surface area contributed by atoms with Gasteiger partial charge in [0.25, 0.3) is 5.91 Å². The molecule has 1 aliphatic carbocycles. The van der Waals surface area contributed by atoms with Gasteiger partial charge in [0.1, 0.15) is 0 Å². The molecule has 2 aromatic heterocycles. The Morgan fingerprint density at radius 1 is 1.24 bits per heavy atom. The molecule has 1 aliphatic heterocycles. The molecule has 2 aliphatic rings. The van der Waals surface area contributed by atoms with Gasteiger partial charge in [0.15, 0.2) is 0 Å². The number of morpholine rings is 1. The first-order chi connectivity index (χ1) is 15.7. The molecule has 4 rings (SSSR count). The van der Waals surface area contributed by atoms with E-state index in [1.807, 2.05) is 23.1 Å². The van der Waals surface area contributed by atoms with E-state index >= 15 is 0 Å². The van der Waals surface area contributed by atoms with Gasteiger partial charge in [-0.15, -0.1) is 0 Å². The third-order valence-corrected chi connectivity index (χ3v) is 5.54. The van der Waals surface area contributed by atoms with Crippen LogP contribution in [0.2, 0.25) is 0 Å². The van der Waals surface area contributed by atoms with Crippen molar-refractivity contribution in [2.75, 3.05) is 26.3 Å². The monoisotopic (exact) mass is 468 g/mol. The van der Waals surface area contributed by atoms with E-state index < -0.39 is 12.1 Å². The van der Waals surface area contributed by atoms with Crippen LogP contribution in [0.5, 0.6) is 5.88 Å². The van der Waals surface area contributed by atoms with Crippen molar-refractivity contribution in [1.29, 1.82) is 0 Å². The fourth-order valence-corrected chi connectivity index (χ4v) is 3.95. The lowest BCUT2D eigenvalue weighted by Crippen LogP contribution is -2.56. The zero-order chi connectivity index (χ0) is 23.9. The zero-order valence-corrected chi connectivity index (χ0v) is 17.6. The molecule has 12 heteroatoms. The standard InChI is InChI=1S/C19H22N4O3.C2HF3O2/c24-18(15-6-9-21-22-12-15)23-10-11-26-19(14-23)7-3-4-16(19)13-25-17-5-1-2-8-20-17;3-2(4,5)1(6)7/h1-2,5-6,8-9,12,16H,3-4,7,10-11,13-14H2;(H,6,7)/t16-,19+;/m0./s1. The SMILES string of the molecule is O=C(O)C(F)(F)F.O=C(c1ccnnc1)N1CCO[C@]2(CCC[C@H]2COc2ccccn2)C1. The Morgan fingerprint density at radius 2 is 2.03 bits per heavy atom. The molecule has 33 heavy (non-hydrogen) atoms. The Kier molecular flexibility index (Phi) is 7.79. The van der Waals surface area contributed by atoms with Crippen molar-refractivity contribution in [2.24, 2.45) is 5.92 Å². The molecule has 3 heterocycles. The second-order valence-electron chi connectivity index (χ2n) is 7.64. The second-order valence-corrected chi connectivity index (χ2v) is 7.64. The van der Waals surface area contributed by atoms with E-state index in [1.165, 1.54) is 6.20 Å². The van der Waals surface area contributed by atoms with E-state index in [4.69, 9.17) is 19.4 Å². The number of carbonyl (C=O) groups is 2. The normalized spacial score (nSPS) is 22.4. The number of hydrogen-bond acceptors (Lipinski definition) is 7. The highest BCUT2D eigenvalue weighted by molar-refractivity contribution is 5.93. The number of carbonyl (C=O) groups excluding carboxylic acids is 1. The molecule has 2 fully saturated rings. The quantitative estimate of drug-likeness (QED) is 0.728. The topological polar surface area (TPSA) is 115 Å². The number of nitrogens with zero attached hydrogens (tertiary/aromatic N) is 4. The minimum atomic E-state index is -5.08. The lowest BCUT2D eigenvalue weighted by atomic mass is 9.89. The number of aliphatic carboxylic acids is 1. The molecule has 1 saturated heterocycles. The third kappa shape index (κ3) is 6.37. The molecule has 1 amide bonds. The Morgan fingerprint density at radius 3 is 2.67 bits per heavy atom. The molecule has 0 unspecified atom stereocenters.